The van der Waals surface area contributed by atoms with Gasteiger partial charge in [0.15, 0.2) is 0 Å². The Morgan fingerprint density at radius 2 is 2.27 bits per heavy atom. The molecule has 1 saturated carbocycles. The fourth-order valence-corrected chi connectivity index (χ4v) is 2.39. The number of H-pyrrole nitrogens is 1. The predicted octanol–water partition coefficient (Wildman–Crippen LogP) is 1.92. The number of nitrogens with zero attached hydrogens (tertiary/aromatic N) is 1. The molecule has 116 valence electrons. The number of aliphatic hydroxyl groups is 1. The molecule has 1 aromatic heterocycles. The van der Waals surface area contributed by atoms with Gasteiger partial charge in [0.05, 0.1) is 5.69 Å². The van der Waals surface area contributed by atoms with Crippen LogP contribution in [0.3, 0.4) is 0 Å². The van der Waals surface area contributed by atoms with Gasteiger partial charge in [-0.1, -0.05) is 12.1 Å². The Balaban J connectivity index is 1.68. The van der Waals surface area contributed by atoms with Crippen LogP contribution in [0.4, 0.5) is 5.69 Å². The molecule has 3 rings (SSSR count). The summed E-state index contributed by atoms with van der Waals surface area (Å²) in [6.45, 7) is 0.0375. The Bertz CT molecular complexity index is 664. The molecule has 0 saturated heterocycles. The molecule has 1 aromatic carbocycles. The quantitative estimate of drug-likeness (QED) is 0.654. The van der Waals surface area contributed by atoms with Crippen molar-refractivity contribution in [2.24, 2.45) is 5.73 Å². The van der Waals surface area contributed by atoms with Crippen LogP contribution in [0, 0.1) is 0 Å². The van der Waals surface area contributed by atoms with E-state index in [1.54, 1.807) is 0 Å². The molecule has 6 heteroatoms. The maximum atomic E-state index is 12.2. The lowest BCUT2D eigenvalue weighted by Crippen LogP contribution is -2.15. The fraction of sp³-hybridized carbons (Fsp3) is 0.375. The first-order valence-corrected chi connectivity index (χ1v) is 7.50. The molecule has 1 fully saturated rings. The Hall–Kier alpha value is -2.18. The number of benzene rings is 1. The number of amides is 1. The molecular weight excluding hydrogens is 280 g/mol. The number of aromatic amines is 1. The number of nitrogens with one attached hydrogen (secondary N) is 2. The second-order valence-electron chi connectivity index (χ2n) is 5.68. The summed E-state index contributed by atoms with van der Waals surface area (Å²) >= 11 is 0. The topological polar surface area (TPSA) is 104 Å². The van der Waals surface area contributed by atoms with Crippen LogP contribution in [0.15, 0.2) is 30.3 Å². The van der Waals surface area contributed by atoms with Gasteiger partial charge in [0.2, 0.25) is 0 Å². The second kappa shape index (κ2) is 6.29. The Kier molecular flexibility index (Phi) is 4.22. The van der Waals surface area contributed by atoms with Crippen molar-refractivity contribution in [3.05, 3.63) is 47.3 Å². The highest BCUT2D eigenvalue weighted by Crippen LogP contribution is 2.39. The van der Waals surface area contributed by atoms with Crippen molar-refractivity contribution < 1.29 is 9.90 Å². The van der Waals surface area contributed by atoms with Gasteiger partial charge in [-0.3, -0.25) is 9.89 Å². The lowest BCUT2D eigenvalue weighted by molar-refractivity contribution is 0.102. The van der Waals surface area contributed by atoms with Crippen LogP contribution in [-0.4, -0.2) is 27.8 Å². The van der Waals surface area contributed by atoms with Gasteiger partial charge in [-0.05, 0) is 43.0 Å². The van der Waals surface area contributed by atoms with E-state index in [9.17, 15) is 4.79 Å². The number of hydrogen-bond acceptors (Lipinski definition) is 4. The summed E-state index contributed by atoms with van der Waals surface area (Å²) in [5.41, 5.74) is 8.96. The number of rotatable bonds is 6. The highest BCUT2D eigenvalue weighted by Gasteiger charge is 2.27. The molecule has 0 bridgehead atoms. The first-order valence-electron chi connectivity index (χ1n) is 7.50. The normalized spacial score (nSPS) is 15.5. The van der Waals surface area contributed by atoms with Crippen molar-refractivity contribution >= 4 is 11.6 Å². The maximum Gasteiger partial charge on any atom is 0.273 e. The molecule has 0 aliphatic heterocycles. The van der Waals surface area contributed by atoms with Crippen molar-refractivity contribution in [3.63, 3.8) is 0 Å². The number of hydrogen-bond donors (Lipinski definition) is 4. The van der Waals surface area contributed by atoms with E-state index in [1.165, 1.54) is 0 Å². The summed E-state index contributed by atoms with van der Waals surface area (Å²) < 4.78 is 0. The van der Waals surface area contributed by atoms with Gasteiger partial charge in [-0.25, -0.2) is 0 Å². The van der Waals surface area contributed by atoms with E-state index in [2.05, 4.69) is 15.5 Å². The van der Waals surface area contributed by atoms with E-state index >= 15 is 0 Å². The van der Waals surface area contributed by atoms with Crippen LogP contribution in [0.2, 0.25) is 0 Å². The zero-order valence-corrected chi connectivity index (χ0v) is 12.2. The maximum absolute atomic E-state index is 12.2. The average Bonchev–Trinajstić information content (AvgIpc) is 3.25. The molecule has 1 unspecified atom stereocenters. The summed E-state index contributed by atoms with van der Waals surface area (Å²) in [5, 5.41) is 18.8. The minimum absolute atomic E-state index is 0.0375. The molecule has 22 heavy (non-hydrogen) atoms. The lowest BCUT2D eigenvalue weighted by Gasteiger charge is -2.12. The third kappa shape index (κ3) is 3.35. The molecule has 1 aliphatic rings. The van der Waals surface area contributed by atoms with Gasteiger partial charge >= 0.3 is 0 Å². The van der Waals surface area contributed by atoms with E-state index in [0.717, 1.165) is 24.1 Å². The fourth-order valence-electron chi connectivity index (χ4n) is 2.39. The molecule has 1 atom stereocenters. The van der Waals surface area contributed by atoms with Gasteiger partial charge in [0.25, 0.3) is 5.91 Å². The highest BCUT2D eigenvalue weighted by atomic mass is 16.3. The van der Waals surface area contributed by atoms with Crippen LogP contribution in [0.25, 0.3) is 0 Å². The van der Waals surface area contributed by atoms with Crippen LogP contribution >= 0.6 is 0 Å². The molecule has 6 nitrogen and oxygen atoms in total. The van der Waals surface area contributed by atoms with Gasteiger partial charge in [-0.15, -0.1) is 0 Å². The smallest absolute Gasteiger partial charge is 0.273 e. The summed E-state index contributed by atoms with van der Waals surface area (Å²) in [7, 11) is 0. The van der Waals surface area contributed by atoms with Gasteiger partial charge < -0.3 is 16.2 Å². The Morgan fingerprint density at radius 3 is 3.00 bits per heavy atom. The summed E-state index contributed by atoms with van der Waals surface area (Å²) in [4.78, 5) is 12.2. The molecule has 1 aliphatic carbocycles. The monoisotopic (exact) mass is 300 g/mol. The van der Waals surface area contributed by atoms with E-state index in [4.69, 9.17) is 10.8 Å². The average molecular weight is 300 g/mol. The number of carbonyl (C=O) groups is 1. The minimum Gasteiger partial charge on any atom is -0.396 e. The second-order valence-corrected chi connectivity index (χ2v) is 5.68. The standard InChI is InChI=1S/C16H20N4O2/c17-13(6-7-21)11-2-1-3-12(8-11)18-16(22)15-9-14(19-20-15)10-4-5-10/h1-3,8-10,13,21H,4-7,17H2,(H,18,22)(H,19,20). The van der Waals surface area contributed by atoms with Crippen LogP contribution in [-0.2, 0) is 0 Å². The van der Waals surface area contributed by atoms with Crippen molar-refractivity contribution in [2.75, 3.05) is 11.9 Å². The third-order valence-electron chi connectivity index (χ3n) is 3.85. The third-order valence-corrected chi connectivity index (χ3v) is 3.85. The molecular formula is C16H20N4O2. The summed E-state index contributed by atoms with van der Waals surface area (Å²) in [6.07, 6.45) is 2.79. The Labute approximate surface area is 128 Å². The van der Waals surface area contributed by atoms with Crippen molar-refractivity contribution in [1.82, 2.24) is 10.2 Å². The number of nitrogens with two attached hydrogens (primary N) is 1. The zero-order chi connectivity index (χ0) is 15.5. The van der Waals surface area contributed by atoms with Crippen LogP contribution in [0.1, 0.15) is 53.0 Å². The molecule has 0 spiro atoms. The van der Waals surface area contributed by atoms with E-state index in [0.29, 0.717) is 23.7 Å². The number of aromatic nitrogens is 2. The molecule has 1 amide bonds. The first kappa shape index (κ1) is 14.7. The molecule has 5 N–H and O–H groups in total. The zero-order valence-electron chi connectivity index (χ0n) is 12.2. The van der Waals surface area contributed by atoms with E-state index < -0.39 is 0 Å². The SMILES string of the molecule is NC(CCO)c1cccc(NC(=O)c2cc(C3CC3)n[nH]2)c1. The number of anilines is 1. The molecule has 1 heterocycles. The Morgan fingerprint density at radius 1 is 1.45 bits per heavy atom. The predicted molar refractivity (Wildman–Crippen MR) is 83.6 cm³/mol. The van der Waals surface area contributed by atoms with Crippen LogP contribution in [0.5, 0.6) is 0 Å². The first-order chi connectivity index (χ1) is 10.7. The van der Waals surface area contributed by atoms with Gasteiger partial charge in [0.1, 0.15) is 5.69 Å². The molecule has 2 aromatic rings. The van der Waals surface area contributed by atoms with E-state index in [-0.39, 0.29) is 18.6 Å². The minimum atomic E-state index is -0.240. The number of carbonyl (C=O) groups excluding carboxylic acids is 1. The largest absolute Gasteiger partial charge is 0.396 e. The van der Waals surface area contributed by atoms with Crippen molar-refractivity contribution in [3.8, 4) is 0 Å². The summed E-state index contributed by atoms with van der Waals surface area (Å²) in [5.74, 6) is 0.296. The van der Waals surface area contributed by atoms with Crippen LogP contribution < -0.4 is 11.1 Å². The lowest BCUT2D eigenvalue weighted by atomic mass is 10.0. The van der Waals surface area contributed by atoms with Gasteiger partial charge in [0, 0.05) is 24.3 Å². The van der Waals surface area contributed by atoms with Crippen molar-refractivity contribution in [1.29, 1.82) is 0 Å². The molecule has 0 radical (unpaired) electrons. The van der Waals surface area contributed by atoms with Crippen molar-refractivity contribution in [2.45, 2.75) is 31.2 Å². The number of aliphatic hydroxyl groups excluding tert-OH is 1. The van der Waals surface area contributed by atoms with Gasteiger partial charge in [-0.2, -0.15) is 5.10 Å². The van der Waals surface area contributed by atoms with E-state index in [1.807, 2.05) is 30.3 Å². The highest BCUT2D eigenvalue weighted by molar-refractivity contribution is 6.02. The summed E-state index contributed by atoms with van der Waals surface area (Å²) in [6, 6.07) is 8.94.